The molecule has 0 unspecified atom stereocenters. The predicted molar refractivity (Wildman–Crippen MR) is 66.4 cm³/mol. The maximum absolute atomic E-state index is 11.9. The van der Waals surface area contributed by atoms with Crippen molar-refractivity contribution in [2.24, 2.45) is 5.92 Å². The van der Waals surface area contributed by atoms with Gasteiger partial charge >= 0.3 is 0 Å². The van der Waals surface area contributed by atoms with Gasteiger partial charge in [-0.1, -0.05) is 0 Å². The van der Waals surface area contributed by atoms with E-state index in [-0.39, 0.29) is 17.4 Å². The summed E-state index contributed by atoms with van der Waals surface area (Å²) in [5.74, 6) is 0.427. The Labute approximate surface area is 98.8 Å². The number of hydrogen-bond donors (Lipinski definition) is 2. The van der Waals surface area contributed by atoms with E-state index in [1.807, 2.05) is 14.1 Å². The number of carbonyl (C=O) groups is 1. The maximum Gasteiger partial charge on any atom is 0.223 e. The first-order valence-corrected chi connectivity index (χ1v) is 6.09. The van der Waals surface area contributed by atoms with Crippen molar-refractivity contribution in [3.8, 4) is 0 Å². The number of rotatable bonds is 4. The molecule has 0 radical (unpaired) electrons. The van der Waals surface area contributed by atoms with Gasteiger partial charge in [-0.2, -0.15) is 0 Å². The summed E-state index contributed by atoms with van der Waals surface area (Å²) >= 11 is 0. The second kappa shape index (κ2) is 5.64. The number of hydrogen-bond acceptors (Lipinski definition) is 3. The van der Waals surface area contributed by atoms with Gasteiger partial charge in [0, 0.05) is 18.0 Å². The molecule has 4 heteroatoms. The van der Waals surface area contributed by atoms with Gasteiger partial charge in [-0.3, -0.25) is 4.79 Å². The number of carbonyl (C=O) groups excluding carboxylic acids is 1. The standard InChI is InChI=1S/C12H25N3O/c1-12(2,15(3)4)9-14-11(16)10-5-7-13-8-6-10/h10,13H,5-9H2,1-4H3,(H,14,16). The summed E-state index contributed by atoms with van der Waals surface area (Å²) in [5.41, 5.74) is 0.0164. The summed E-state index contributed by atoms with van der Waals surface area (Å²) in [6.45, 7) is 6.92. The minimum absolute atomic E-state index is 0.0164. The van der Waals surface area contributed by atoms with Crippen molar-refractivity contribution >= 4 is 5.91 Å². The van der Waals surface area contributed by atoms with Crippen LogP contribution < -0.4 is 10.6 Å². The van der Waals surface area contributed by atoms with Crippen molar-refractivity contribution in [1.82, 2.24) is 15.5 Å². The molecule has 1 fully saturated rings. The van der Waals surface area contributed by atoms with Crippen molar-refractivity contribution < 1.29 is 4.79 Å². The van der Waals surface area contributed by atoms with E-state index in [2.05, 4.69) is 29.4 Å². The second-order valence-electron chi connectivity index (χ2n) is 5.45. The molecular formula is C12H25N3O. The minimum atomic E-state index is 0.0164. The van der Waals surface area contributed by atoms with Crippen LogP contribution in [0.1, 0.15) is 26.7 Å². The number of nitrogens with zero attached hydrogens (tertiary/aromatic N) is 1. The van der Waals surface area contributed by atoms with Gasteiger partial charge in [0.15, 0.2) is 0 Å². The van der Waals surface area contributed by atoms with Gasteiger partial charge in [0.05, 0.1) is 0 Å². The van der Waals surface area contributed by atoms with E-state index in [0.29, 0.717) is 6.54 Å². The minimum Gasteiger partial charge on any atom is -0.354 e. The summed E-state index contributed by atoms with van der Waals surface area (Å²) in [6.07, 6.45) is 1.93. The molecule has 0 aliphatic carbocycles. The van der Waals surface area contributed by atoms with Crippen LogP contribution in [0, 0.1) is 5.92 Å². The van der Waals surface area contributed by atoms with Crippen LogP contribution in [0.5, 0.6) is 0 Å². The molecule has 4 nitrogen and oxygen atoms in total. The van der Waals surface area contributed by atoms with Crippen LogP contribution in [-0.4, -0.2) is 50.1 Å². The third-order valence-electron chi connectivity index (χ3n) is 3.62. The average molecular weight is 227 g/mol. The zero-order valence-electron chi connectivity index (χ0n) is 11.0. The van der Waals surface area contributed by atoms with Gasteiger partial charge in [0.25, 0.3) is 0 Å². The van der Waals surface area contributed by atoms with Crippen LogP contribution in [0.3, 0.4) is 0 Å². The third kappa shape index (κ3) is 3.76. The SMILES string of the molecule is CN(C)C(C)(C)CNC(=O)C1CCNCC1. The molecule has 1 heterocycles. The predicted octanol–water partition coefficient (Wildman–Crippen LogP) is 0.442. The zero-order chi connectivity index (χ0) is 12.2. The van der Waals surface area contributed by atoms with E-state index in [1.165, 1.54) is 0 Å². The highest BCUT2D eigenvalue weighted by Crippen LogP contribution is 2.13. The molecule has 0 aromatic heterocycles. The lowest BCUT2D eigenvalue weighted by Crippen LogP contribution is -2.50. The first-order valence-electron chi connectivity index (χ1n) is 6.09. The molecule has 0 aromatic carbocycles. The Morgan fingerprint density at radius 3 is 2.44 bits per heavy atom. The van der Waals surface area contributed by atoms with Gasteiger partial charge in [0.2, 0.25) is 5.91 Å². The maximum atomic E-state index is 11.9. The normalized spacial score (nSPS) is 18.8. The number of amides is 1. The van der Waals surface area contributed by atoms with Gasteiger partial charge in [-0.15, -0.1) is 0 Å². The first-order chi connectivity index (χ1) is 7.43. The largest absolute Gasteiger partial charge is 0.354 e. The van der Waals surface area contributed by atoms with Gasteiger partial charge < -0.3 is 15.5 Å². The van der Waals surface area contributed by atoms with Crippen LogP contribution in [0.4, 0.5) is 0 Å². The lowest BCUT2D eigenvalue weighted by molar-refractivity contribution is -0.126. The highest BCUT2D eigenvalue weighted by Gasteiger charge is 2.25. The molecule has 16 heavy (non-hydrogen) atoms. The van der Waals surface area contributed by atoms with Crippen LogP contribution in [-0.2, 0) is 4.79 Å². The van der Waals surface area contributed by atoms with Crippen LogP contribution >= 0.6 is 0 Å². The second-order valence-corrected chi connectivity index (χ2v) is 5.45. The van der Waals surface area contributed by atoms with E-state index in [0.717, 1.165) is 25.9 Å². The van der Waals surface area contributed by atoms with Gasteiger partial charge in [-0.05, 0) is 53.9 Å². The lowest BCUT2D eigenvalue weighted by atomic mass is 9.96. The highest BCUT2D eigenvalue weighted by molar-refractivity contribution is 5.78. The molecule has 2 N–H and O–H groups in total. The van der Waals surface area contributed by atoms with Gasteiger partial charge in [0.1, 0.15) is 0 Å². The van der Waals surface area contributed by atoms with E-state index >= 15 is 0 Å². The molecule has 0 atom stereocenters. The highest BCUT2D eigenvalue weighted by atomic mass is 16.1. The fourth-order valence-electron chi connectivity index (χ4n) is 1.69. The molecule has 1 aliphatic heterocycles. The summed E-state index contributed by atoms with van der Waals surface area (Å²) in [7, 11) is 4.08. The van der Waals surface area contributed by atoms with Crippen molar-refractivity contribution in [2.45, 2.75) is 32.2 Å². The molecule has 1 amide bonds. The third-order valence-corrected chi connectivity index (χ3v) is 3.62. The summed E-state index contributed by atoms with van der Waals surface area (Å²) in [6, 6.07) is 0. The molecule has 0 bridgehead atoms. The Bertz CT molecular complexity index is 232. The van der Waals surface area contributed by atoms with Crippen LogP contribution in [0.15, 0.2) is 0 Å². The smallest absolute Gasteiger partial charge is 0.223 e. The molecule has 94 valence electrons. The molecule has 0 saturated carbocycles. The first kappa shape index (κ1) is 13.5. The molecule has 1 rings (SSSR count). The van der Waals surface area contributed by atoms with E-state index in [9.17, 15) is 4.79 Å². The average Bonchev–Trinajstić information content (AvgIpc) is 2.27. The van der Waals surface area contributed by atoms with Crippen LogP contribution in [0.25, 0.3) is 0 Å². The number of nitrogens with one attached hydrogen (secondary N) is 2. The molecule has 0 aromatic rings. The molecule has 1 saturated heterocycles. The van der Waals surface area contributed by atoms with E-state index in [4.69, 9.17) is 0 Å². The molecule has 1 aliphatic rings. The molecule has 0 spiro atoms. The van der Waals surface area contributed by atoms with Crippen molar-refractivity contribution in [2.75, 3.05) is 33.7 Å². The quantitative estimate of drug-likeness (QED) is 0.732. The number of piperidine rings is 1. The van der Waals surface area contributed by atoms with Crippen LogP contribution in [0.2, 0.25) is 0 Å². The van der Waals surface area contributed by atoms with Gasteiger partial charge in [-0.25, -0.2) is 0 Å². The topological polar surface area (TPSA) is 44.4 Å². The number of likely N-dealkylation sites (N-methyl/N-ethyl adjacent to an activating group) is 1. The Morgan fingerprint density at radius 1 is 1.38 bits per heavy atom. The monoisotopic (exact) mass is 227 g/mol. The van der Waals surface area contributed by atoms with E-state index < -0.39 is 0 Å². The zero-order valence-corrected chi connectivity index (χ0v) is 11.0. The summed E-state index contributed by atoms with van der Waals surface area (Å²) < 4.78 is 0. The fourth-order valence-corrected chi connectivity index (χ4v) is 1.69. The van der Waals surface area contributed by atoms with Crippen molar-refractivity contribution in [3.63, 3.8) is 0 Å². The summed E-state index contributed by atoms with van der Waals surface area (Å²) in [4.78, 5) is 14.0. The Kier molecular flexibility index (Phi) is 4.74. The van der Waals surface area contributed by atoms with Crippen molar-refractivity contribution in [1.29, 1.82) is 0 Å². The van der Waals surface area contributed by atoms with Crippen molar-refractivity contribution in [3.05, 3.63) is 0 Å². The Hall–Kier alpha value is -0.610. The molecular weight excluding hydrogens is 202 g/mol. The summed E-state index contributed by atoms with van der Waals surface area (Å²) in [5, 5.41) is 6.34. The van der Waals surface area contributed by atoms with E-state index in [1.54, 1.807) is 0 Å². The Balaban J connectivity index is 2.34. The lowest BCUT2D eigenvalue weighted by Gasteiger charge is -2.33. The fraction of sp³-hybridized carbons (Fsp3) is 0.917. The Morgan fingerprint density at radius 2 is 1.94 bits per heavy atom.